The maximum atomic E-state index is 13.2. The summed E-state index contributed by atoms with van der Waals surface area (Å²) in [4.78, 5) is 39.7. The topological polar surface area (TPSA) is 71.4 Å². The second-order valence-corrected chi connectivity index (χ2v) is 7.79. The van der Waals surface area contributed by atoms with Gasteiger partial charge in [0.15, 0.2) is 0 Å². The van der Waals surface area contributed by atoms with E-state index in [4.69, 9.17) is 0 Å². The second-order valence-electron chi connectivity index (χ2n) is 7.79. The third kappa shape index (κ3) is 4.96. The summed E-state index contributed by atoms with van der Waals surface area (Å²) in [7, 11) is 1.67. The van der Waals surface area contributed by atoms with E-state index in [1.54, 1.807) is 30.1 Å². The molecule has 30 heavy (non-hydrogen) atoms. The lowest BCUT2D eigenvalue weighted by molar-refractivity contribution is -0.132. The van der Waals surface area contributed by atoms with E-state index >= 15 is 0 Å². The van der Waals surface area contributed by atoms with Crippen LogP contribution in [0.15, 0.2) is 47.4 Å². The van der Waals surface area contributed by atoms with Crippen molar-refractivity contribution in [3.8, 4) is 0 Å². The van der Waals surface area contributed by atoms with Crippen molar-refractivity contribution in [2.24, 2.45) is 0 Å². The average Bonchev–Trinajstić information content (AvgIpc) is 3.24. The van der Waals surface area contributed by atoms with E-state index < -0.39 is 5.56 Å². The first-order valence-electron chi connectivity index (χ1n) is 10.4. The van der Waals surface area contributed by atoms with Crippen molar-refractivity contribution < 1.29 is 14.0 Å². The van der Waals surface area contributed by atoms with Crippen LogP contribution in [-0.2, 0) is 11.3 Å². The van der Waals surface area contributed by atoms with Gasteiger partial charge >= 0.3 is 0 Å². The molecule has 1 saturated carbocycles. The van der Waals surface area contributed by atoms with Crippen molar-refractivity contribution in [2.45, 2.75) is 57.7 Å². The number of pyridine rings is 1. The van der Waals surface area contributed by atoms with Crippen LogP contribution in [-0.4, -0.2) is 34.4 Å². The molecule has 0 unspecified atom stereocenters. The lowest BCUT2D eigenvalue weighted by Gasteiger charge is -2.28. The predicted molar refractivity (Wildman–Crippen MR) is 113 cm³/mol. The SMILES string of the molecule is CC[C@H](c1ccc(F)cc1)N(C)C(=O)Cn1cccc(C(=O)NC2CCCC2)c1=O. The molecule has 1 aliphatic carbocycles. The molecule has 0 saturated heterocycles. The van der Waals surface area contributed by atoms with Crippen LogP contribution in [0.2, 0.25) is 0 Å². The number of hydrogen-bond donors (Lipinski definition) is 1. The molecule has 0 aliphatic heterocycles. The molecular formula is C23H28FN3O3. The number of nitrogens with one attached hydrogen (secondary N) is 1. The number of benzene rings is 1. The Bertz CT molecular complexity index is 949. The zero-order chi connectivity index (χ0) is 21.7. The van der Waals surface area contributed by atoms with E-state index in [9.17, 15) is 18.8 Å². The van der Waals surface area contributed by atoms with Gasteiger partial charge in [0.25, 0.3) is 11.5 Å². The molecule has 0 spiro atoms. The minimum atomic E-state index is -0.482. The molecule has 7 heteroatoms. The molecule has 1 N–H and O–H groups in total. The standard InChI is InChI=1S/C23H28FN3O3/c1-3-20(16-10-12-17(24)13-11-16)26(2)21(28)15-27-14-6-9-19(23(27)30)22(29)25-18-7-4-5-8-18/h6,9-14,18,20H,3-5,7-8,15H2,1-2H3,(H,25,29)/t20-/m1/s1. The molecule has 1 heterocycles. The van der Waals surface area contributed by atoms with Crippen molar-refractivity contribution in [1.29, 1.82) is 0 Å². The molecule has 1 aromatic heterocycles. The van der Waals surface area contributed by atoms with Crippen LogP contribution >= 0.6 is 0 Å². The minimum Gasteiger partial charge on any atom is -0.349 e. The van der Waals surface area contributed by atoms with Crippen LogP contribution in [0.4, 0.5) is 4.39 Å². The number of aromatic nitrogens is 1. The Morgan fingerprint density at radius 2 is 1.87 bits per heavy atom. The van der Waals surface area contributed by atoms with Gasteiger partial charge in [-0.05, 0) is 49.1 Å². The minimum absolute atomic E-state index is 0.0467. The van der Waals surface area contributed by atoms with Crippen molar-refractivity contribution in [2.75, 3.05) is 7.05 Å². The average molecular weight is 413 g/mol. The summed E-state index contributed by atoms with van der Waals surface area (Å²) in [6, 6.07) is 9.03. The monoisotopic (exact) mass is 413 g/mol. The fourth-order valence-corrected chi connectivity index (χ4v) is 4.02. The Balaban J connectivity index is 1.73. The van der Waals surface area contributed by atoms with Gasteiger partial charge in [0, 0.05) is 19.3 Å². The molecule has 1 aromatic carbocycles. The van der Waals surface area contributed by atoms with E-state index in [1.807, 2.05) is 6.92 Å². The predicted octanol–water partition coefficient (Wildman–Crippen LogP) is 3.27. The number of hydrogen-bond acceptors (Lipinski definition) is 3. The number of carbonyl (C=O) groups is 2. The molecule has 1 aliphatic rings. The lowest BCUT2D eigenvalue weighted by Crippen LogP contribution is -2.40. The van der Waals surface area contributed by atoms with Gasteiger partial charge in [-0.25, -0.2) is 4.39 Å². The lowest BCUT2D eigenvalue weighted by atomic mass is 10.0. The van der Waals surface area contributed by atoms with Gasteiger partial charge in [0.05, 0.1) is 6.04 Å². The summed E-state index contributed by atoms with van der Waals surface area (Å²) in [5, 5.41) is 2.91. The summed E-state index contributed by atoms with van der Waals surface area (Å²) < 4.78 is 14.5. The molecule has 2 amide bonds. The molecule has 0 radical (unpaired) electrons. The summed E-state index contributed by atoms with van der Waals surface area (Å²) in [6.07, 6.45) is 6.18. The smallest absolute Gasteiger partial charge is 0.263 e. The Morgan fingerprint density at radius 1 is 1.20 bits per heavy atom. The number of carbonyl (C=O) groups excluding carboxylic acids is 2. The number of rotatable bonds is 7. The number of halogens is 1. The third-order valence-electron chi connectivity index (χ3n) is 5.76. The first kappa shape index (κ1) is 21.7. The van der Waals surface area contributed by atoms with Gasteiger partial charge < -0.3 is 14.8 Å². The highest BCUT2D eigenvalue weighted by atomic mass is 19.1. The summed E-state index contributed by atoms with van der Waals surface area (Å²) in [5.41, 5.74) is 0.391. The van der Waals surface area contributed by atoms with Crippen molar-refractivity contribution in [3.05, 3.63) is 69.9 Å². The Morgan fingerprint density at radius 3 is 2.50 bits per heavy atom. The zero-order valence-electron chi connectivity index (χ0n) is 17.4. The Kier molecular flexibility index (Phi) is 7.03. The second kappa shape index (κ2) is 9.69. The molecule has 0 bridgehead atoms. The van der Waals surface area contributed by atoms with Crippen LogP contribution < -0.4 is 10.9 Å². The molecule has 160 valence electrons. The molecule has 2 aromatic rings. The summed E-state index contributed by atoms with van der Waals surface area (Å²) in [5.74, 6) is -0.983. The van der Waals surface area contributed by atoms with Crippen LogP contribution in [0.1, 0.15) is 61.0 Å². The van der Waals surface area contributed by atoms with E-state index in [2.05, 4.69) is 5.32 Å². The summed E-state index contributed by atoms with van der Waals surface area (Å²) in [6.45, 7) is 1.77. The van der Waals surface area contributed by atoms with E-state index in [0.29, 0.717) is 6.42 Å². The van der Waals surface area contributed by atoms with Gasteiger partial charge in [-0.1, -0.05) is 31.9 Å². The van der Waals surface area contributed by atoms with Crippen molar-refractivity contribution >= 4 is 11.8 Å². The van der Waals surface area contributed by atoms with Crippen LogP contribution in [0, 0.1) is 5.82 Å². The number of likely N-dealkylation sites (N-methyl/N-ethyl adjacent to an activating group) is 1. The maximum absolute atomic E-state index is 13.2. The molecule has 3 rings (SSSR count). The first-order chi connectivity index (χ1) is 14.4. The number of nitrogens with zero attached hydrogens (tertiary/aromatic N) is 2. The fourth-order valence-electron chi connectivity index (χ4n) is 4.02. The maximum Gasteiger partial charge on any atom is 0.263 e. The third-order valence-corrected chi connectivity index (χ3v) is 5.76. The molecule has 1 atom stereocenters. The largest absolute Gasteiger partial charge is 0.349 e. The highest BCUT2D eigenvalue weighted by Crippen LogP contribution is 2.23. The van der Waals surface area contributed by atoms with Crippen LogP contribution in [0.5, 0.6) is 0 Å². The Labute approximate surface area is 175 Å². The van der Waals surface area contributed by atoms with Gasteiger partial charge in [-0.15, -0.1) is 0 Å². The number of amides is 2. The van der Waals surface area contributed by atoms with Gasteiger partial charge in [0.2, 0.25) is 5.91 Å². The zero-order valence-corrected chi connectivity index (χ0v) is 17.4. The van der Waals surface area contributed by atoms with Gasteiger partial charge in [-0.2, -0.15) is 0 Å². The quantitative estimate of drug-likeness (QED) is 0.757. The van der Waals surface area contributed by atoms with E-state index in [1.165, 1.54) is 29.0 Å². The normalized spacial score (nSPS) is 15.0. The van der Waals surface area contributed by atoms with Crippen LogP contribution in [0.3, 0.4) is 0 Å². The summed E-state index contributed by atoms with van der Waals surface area (Å²) >= 11 is 0. The van der Waals surface area contributed by atoms with Crippen molar-refractivity contribution in [1.82, 2.24) is 14.8 Å². The van der Waals surface area contributed by atoms with E-state index in [-0.39, 0.29) is 41.8 Å². The van der Waals surface area contributed by atoms with Gasteiger partial charge in [-0.3, -0.25) is 14.4 Å². The van der Waals surface area contributed by atoms with Gasteiger partial charge in [0.1, 0.15) is 17.9 Å². The molecule has 1 fully saturated rings. The molecule has 6 nitrogen and oxygen atoms in total. The van der Waals surface area contributed by atoms with E-state index in [0.717, 1.165) is 31.2 Å². The highest BCUT2D eigenvalue weighted by molar-refractivity contribution is 5.94. The first-order valence-corrected chi connectivity index (χ1v) is 10.4. The Hall–Kier alpha value is -2.96. The van der Waals surface area contributed by atoms with Crippen molar-refractivity contribution in [3.63, 3.8) is 0 Å². The fraction of sp³-hybridized carbons (Fsp3) is 0.435. The molecular weight excluding hydrogens is 385 g/mol. The highest BCUT2D eigenvalue weighted by Gasteiger charge is 2.23. The van der Waals surface area contributed by atoms with Crippen LogP contribution in [0.25, 0.3) is 0 Å².